The Balaban J connectivity index is 2.25. The standard InChI is InChI=1S/C17H17ClO5/c1-8-5-10(19)6-9(2)17(8)16(20)13-11(21-3)7-12(22-4)14(18)15(13)23-17/h5,7,9H,6H2,1-4H3. The number of methoxy groups -OCH3 is 2. The number of hydrogen-bond acceptors (Lipinski definition) is 5. The molecule has 0 radical (unpaired) electrons. The van der Waals surface area contributed by atoms with E-state index in [1.165, 1.54) is 20.3 Å². The molecule has 1 aliphatic heterocycles. The first kappa shape index (κ1) is 15.9. The molecule has 3 rings (SSSR count). The van der Waals surface area contributed by atoms with Gasteiger partial charge < -0.3 is 14.2 Å². The van der Waals surface area contributed by atoms with Crippen LogP contribution in [0.3, 0.4) is 0 Å². The van der Waals surface area contributed by atoms with E-state index in [0.29, 0.717) is 22.6 Å². The lowest BCUT2D eigenvalue weighted by molar-refractivity contribution is -0.117. The van der Waals surface area contributed by atoms with Gasteiger partial charge in [0, 0.05) is 18.4 Å². The molecular weight excluding hydrogens is 320 g/mol. The molecule has 0 saturated carbocycles. The number of ether oxygens (including phenoxy) is 3. The first-order valence-electron chi connectivity index (χ1n) is 7.26. The largest absolute Gasteiger partial charge is 0.496 e. The van der Waals surface area contributed by atoms with Crippen molar-refractivity contribution in [1.82, 2.24) is 0 Å². The minimum absolute atomic E-state index is 0.0105. The average molecular weight is 337 g/mol. The van der Waals surface area contributed by atoms with E-state index < -0.39 is 5.60 Å². The highest BCUT2D eigenvalue weighted by Crippen LogP contribution is 2.54. The van der Waals surface area contributed by atoms with Crippen molar-refractivity contribution in [2.45, 2.75) is 25.9 Å². The van der Waals surface area contributed by atoms with Gasteiger partial charge in [-0.2, -0.15) is 0 Å². The van der Waals surface area contributed by atoms with E-state index in [9.17, 15) is 9.59 Å². The van der Waals surface area contributed by atoms with Crippen LogP contribution < -0.4 is 14.2 Å². The maximum absolute atomic E-state index is 13.2. The first-order chi connectivity index (χ1) is 10.9. The molecule has 0 N–H and O–H groups in total. The molecule has 0 bridgehead atoms. The summed E-state index contributed by atoms with van der Waals surface area (Å²) in [4.78, 5) is 25.0. The maximum atomic E-state index is 13.2. The normalized spacial score (nSPS) is 26.0. The summed E-state index contributed by atoms with van der Waals surface area (Å²) in [6.07, 6.45) is 1.72. The van der Waals surface area contributed by atoms with Crippen molar-refractivity contribution in [3.63, 3.8) is 0 Å². The molecule has 1 spiro atoms. The van der Waals surface area contributed by atoms with Crippen molar-refractivity contribution < 1.29 is 23.8 Å². The zero-order valence-electron chi connectivity index (χ0n) is 13.4. The van der Waals surface area contributed by atoms with Gasteiger partial charge in [0.2, 0.25) is 5.78 Å². The highest BCUT2D eigenvalue weighted by molar-refractivity contribution is 6.35. The van der Waals surface area contributed by atoms with Crippen molar-refractivity contribution in [2.75, 3.05) is 14.2 Å². The molecule has 0 fully saturated rings. The van der Waals surface area contributed by atoms with E-state index in [-0.39, 0.29) is 34.7 Å². The number of halogens is 1. The molecule has 1 heterocycles. The molecule has 0 aromatic heterocycles. The van der Waals surface area contributed by atoms with Crippen LogP contribution >= 0.6 is 11.6 Å². The Morgan fingerprint density at radius 1 is 1.26 bits per heavy atom. The van der Waals surface area contributed by atoms with Gasteiger partial charge in [0.05, 0.1) is 14.2 Å². The fraction of sp³-hybridized carbons (Fsp3) is 0.412. The maximum Gasteiger partial charge on any atom is 0.218 e. The molecule has 2 unspecified atom stereocenters. The van der Waals surface area contributed by atoms with Crippen molar-refractivity contribution in [3.05, 3.63) is 28.3 Å². The predicted molar refractivity (Wildman–Crippen MR) is 84.8 cm³/mol. The summed E-state index contributed by atoms with van der Waals surface area (Å²) < 4.78 is 16.6. The van der Waals surface area contributed by atoms with Crippen LogP contribution in [0, 0.1) is 5.92 Å². The van der Waals surface area contributed by atoms with Crippen LogP contribution in [0.2, 0.25) is 5.02 Å². The minimum atomic E-state index is -1.21. The van der Waals surface area contributed by atoms with Crippen LogP contribution in [0.15, 0.2) is 17.7 Å². The molecule has 1 aromatic carbocycles. The van der Waals surface area contributed by atoms with Gasteiger partial charge >= 0.3 is 0 Å². The number of Topliss-reactive ketones (excluding diaryl/α,β-unsaturated/α-hetero) is 1. The molecule has 5 nitrogen and oxygen atoms in total. The number of carbonyl (C=O) groups excluding carboxylic acids is 2. The van der Waals surface area contributed by atoms with E-state index in [4.69, 9.17) is 25.8 Å². The van der Waals surface area contributed by atoms with Crippen molar-refractivity contribution in [2.24, 2.45) is 5.92 Å². The fourth-order valence-corrected chi connectivity index (χ4v) is 3.69. The molecule has 0 amide bonds. The smallest absolute Gasteiger partial charge is 0.218 e. The number of allylic oxidation sites excluding steroid dienone is 1. The second-order valence-corrected chi connectivity index (χ2v) is 6.24. The summed E-state index contributed by atoms with van der Waals surface area (Å²) >= 11 is 6.33. The van der Waals surface area contributed by atoms with Crippen molar-refractivity contribution >= 4 is 23.2 Å². The Hall–Kier alpha value is -2.01. The molecule has 6 heteroatoms. The molecule has 23 heavy (non-hydrogen) atoms. The Kier molecular flexibility index (Phi) is 3.64. The Bertz CT molecular complexity index is 752. The van der Waals surface area contributed by atoms with Crippen LogP contribution in [0.4, 0.5) is 0 Å². The van der Waals surface area contributed by atoms with Gasteiger partial charge in [-0.05, 0) is 18.6 Å². The third-order valence-corrected chi connectivity index (χ3v) is 4.94. The van der Waals surface area contributed by atoms with Gasteiger partial charge in [0.15, 0.2) is 17.1 Å². The summed E-state index contributed by atoms with van der Waals surface area (Å²) in [5.74, 6) is 0.424. The zero-order chi connectivity index (χ0) is 16.9. The van der Waals surface area contributed by atoms with Crippen molar-refractivity contribution in [3.8, 4) is 17.2 Å². The lowest BCUT2D eigenvalue weighted by Crippen LogP contribution is -2.50. The lowest BCUT2D eigenvalue weighted by Gasteiger charge is -2.36. The van der Waals surface area contributed by atoms with Crippen LogP contribution in [0.5, 0.6) is 17.2 Å². The van der Waals surface area contributed by atoms with Crippen LogP contribution in [0.1, 0.15) is 30.6 Å². The molecule has 2 aliphatic rings. The second-order valence-electron chi connectivity index (χ2n) is 5.86. The summed E-state index contributed by atoms with van der Waals surface area (Å²) in [5, 5.41) is 0.227. The summed E-state index contributed by atoms with van der Waals surface area (Å²) in [5.41, 5.74) is -0.328. The van der Waals surface area contributed by atoms with Gasteiger partial charge in [0.1, 0.15) is 22.1 Å². The van der Waals surface area contributed by atoms with E-state index in [2.05, 4.69) is 0 Å². The number of carbonyl (C=O) groups is 2. The van der Waals surface area contributed by atoms with E-state index in [1.54, 1.807) is 13.0 Å². The zero-order valence-corrected chi connectivity index (χ0v) is 14.1. The summed E-state index contributed by atoms with van der Waals surface area (Å²) in [7, 11) is 2.95. The fourth-order valence-electron chi connectivity index (χ4n) is 3.43. The van der Waals surface area contributed by atoms with E-state index in [0.717, 1.165) is 0 Å². The molecule has 2 atom stereocenters. The van der Waals surface area contributed by atoms with E-state index >= 15 is 0 Å². The van der Waals surface area contributed by atoms with E-state index in [1.807, 2.05) is 6.92 Å². The molecule has 1 aliphatic carbocycles. The number of benzene rings is 1. The number of ketones is 2. The predicted octanol–water partition coefficient (Wildman–Crippen LogP) is 3.23. The van der Waals surface area contributed by atoms with Gasteiger partial charge in [-0.15, -0.1) is 0 Å². The SMILES string of the molecule is COc1cc(OC)c2c(c1Cl)OC1(C2=O)C(C)=CC(=O)CC1C. The Morgan fingerprint density at radius 3 is 2.48 bits per heavy atom. The topological polar surface area (TPSA) is 61.8 Å². The quantitative estimate of drug-likeness (QED) is 0.829. The third-order valence-electron chi connectivity index (χ3n) is 4.58. The number of fused-ring (bicyclic) bond motifs is 1. The molecular formula is C17H17ClO5. The highest BCUT2D eigenvalue weighted by Gasteiger charge is 2.57. The molecule has 122 valence electrons. The minimum Gasteiger partial charge on any atom is -0.496 e. The summed E-state index contributed by atoms with van der Waals surface area (Å²) in [6, 6.07) is 1.57. The van der Waals surface area contributed by atoms with Gasteiger partial charge in [0.25, 0.3) is 0 Å². The Labute approximate surface area is 139 Å². The van der Waals surface area contributed by atoms with Crippen LogP contribution in [0.25, 0.3) is 0 Å². The average Bonchev–Trinajstić information content (AvgIpc) is 2.82. The number of rotatable bonds is 2. The van der Waals surface area contributed by atoms with Crippen molar-refractivity contribution in [1.29, 1.82) is 0 Å². The Morgan fingerprint density at radius 2 is 1.91 bits per heavy atom. The second kappa shape index (κ2) is 5.27. The molecule has 1 aromatic rings. The number of hydrogen-bond donors (Lipinski definition) is 0. The van der Waals surface area contributed by atoms with Gasteiger partial charge in [-0.3, -0.25) is 9.59 Å². The van der Waals surface area contributed by atoms with Gasteiger partial charge in [-0.1, -0.05) is 18.5 Å². The van der Waals surface area contributed by atoms with Crippen LogP contribution in [-0.2, 0) is 4.79 Å². The van der Waals surface area contributed by atoms with Crippen LogP contribution in [-0.4, -0.2) is 31.4 Å². The highest BCUT2D eigenvalue weighted by atomic mass is 35.5. The van der Waals surface area contributed by atoms with Gasteiger partial charge in [-0.25, -0.2) is 0 Å². The first-order valence-corrected chi connectivity index (χ1v) is 7.64. The monoisotopic (exact) mass is 336 g/mol. The summed E-state index contributed by atoms with van der Waals surface area (Å²) in [6.45, 7) is 3.56. The lowest BCUT2D eigenvalue weighted by atomic mass is 9.72. The molecule has 0 saturated heterocycles. The third kappa shape index (κ3) is 1.99.